The van der Waals surface area contributed by atoms with E-state index in [1.807, 2.05) is 6.08 Å². The number of hydrogen-bond donors (Lipinski definition) is 1. The van der Waals surface area contributed by atoms with Gasteiger partial charge >= 0.3 is 5.97 Å². The zero-order chi connectivity index (χ0) is 18.3. The fourth-order valence-corrected chi connectivity index (χ4v) is 3.73. The highest BCUT2D eigenvalue weighted by molar-refractivity contribution is 6.74. The quantitative estimate of drug-likeness (QED) is 0.343. The Morgan fingerprint density at radius 1 is 1.43 bits per heavy atom. The molecule has 23 heavy (non-hydrogen) atoms. The van der Waals surface area contributed by atoms with Gasteiger partial charge in [-0.05, 0) is 42.8 Å². The van der Waals surface area contributed by atoms with Crippen LogP contribution in [0.25, 0.3) is 0 Å². The maximum atomic E-state index is 10.8. The fraction of sp³-hybridized carbons (Fsp3) is 0.737. The fourth-order valence-electron chi connectivity index (χ4n) is 2.43. The predicted molar refractivity (Wildman–Crippen MR) is 99.9 cm³/mol. The summed E-state index contributed by atoms with van der Waals surface area (Å²) in [5, 5.41) is 9.00. The first-order valence-electron chi connectivity index (χ1n) is 8.42. The first kappa shape index (κ1) is 21.9. The second-order valence-corrected chi connectivity index (χ2v) is 12.7. The summed E-state index contributed by atoms with van der Waals surface area (Å²) in [5.74, 6) is 2.45. The van der Waals surface area contributed by atoms with Crippen molar-refractivity contribution >= 4 is 14.3 Å². The van der Waals surface area contributed by atoms with Gasteiger partial charge in [0.2, 0.25) is 0 Å². The normalized spacial score (nSPS) is 16.2. The number of carboxylic acids is 1. The maximum absolute atomic E-state index is 10.8. The van der Waals surface area contributed by atoms with Crippen LogP contribution >= 0.6 is 0 Å². The van der Waals surface area contributed by atoms with E-state index in [1.54, 1.807) is 0 Å². The molecule has 132 valence electrons. The third kappa shape index (κ3) is 7.37. The van der Waals surface area contributed by atoms with Crippen molar-refractivity contribution in [1.29, 1.82) is 0 Å². The van der Waals surface area contributed by atoms with E-state index in [0.717, 1.165) is 6.42 Å². The molecule has 0 aliphatic carbocycles. The SMILES string of the molecule is C#CC[C@@H](C)[C@H](CCCC(=O)O)C(C=C)O[Si](C)(C)C(C)(C)C. The van der Waals surface area contributed by atoms with Gasteiger partial charge in [-0.1, -0.05) is 33.8 Å². The van der Waals surface area contributed by atoms with Gasteiger partial charge in [0, 0.05) is 12.8 Å². The standard InChI is InChI=1S/C19H34O3Si/c1-9-12-15(3)16(13-11-14-18(20)21)17(10-2)22-23(7,8)19(4,5)6/h1,10,15-17H,2,11-14H2,3-8H3,(H,20,21)/t15-,16+,17?/m1/s1. The van der Waals surface area contributed by atoms with Crippen LogP contribution in [0.5, 0.6) is 0 Å². The van der Waals surface area contributed by atoms with Crippen molar-refractivity contribution < 1.29 is 14.3 Å². The Hall–Kier alpha value is -1.05. The van der Waals surface area contributed by atoms with Crippen molar-refractivity contribution in [3.63, 3.8) is 0 Å². The molecule has 0 aromatic heterocycles. The van der Waals surface area contributed by atoms with Crippen LogP contribution in [0.1, 0.15) is 53.4 Å². The molecule has 0 heterocycles. The lowest BCUT2D eigenvalue weighted by molar-refractivity contribution is -0.137. The Morgan fingerprint density at radius 3 is 2.39 bits per heavy atom. The van der Waals surface area contributed by atoms with Gasteiger partial charge in [-0.25, -0.2) is 0 Å². The van der Waals surface area contributed by atoms with Crippen LogP contribution in [-0.2, 0) is 9.22 Å². The molecule has 0 saturated heterocycles. The number of rotatable bonds is 10. The molecule has 0 fully saturated rings. The summed E-state index contributed by atoms with van der Waals surface area (Å²) in [7, 11) is -1.92. The van der Waals surface area contributed by atoms with Crippen molar-refractivity contribution in [2.24, 2.45) is 11.8 Å². The largest absolute Gasteiger partial charge is 0.481 e. The smallest absolute Gasteiger partial charge is 0.303 e. The van der Waals surface area contributed by atoms with Crippen molar-refractivity contribution in [3.8, 4) is 12.3 Å². The molecule has 3 atom stereocenters. The minimum absolute atomic E-state index is 0.0759. The molecule has 0 aliphatic heterocycles. The zero-order valence-corrected chi connectivity index (χ0v) is 16.7. The van der Waals surface area contributed by atoms with Crippen LogP contribution in [0.2, 0.25) is 18.1 Å². The number of hydrogen-bond acceptors (Lipinski definition) is 2. The monoisotopic (exact) mass is 338 g/mol. The summed E-state index contributed by atoms with van der Waals surface area (Å²) in [6, 6.07) is 0. The van der Waals surface area contributed by atoms with Gasteiger partial charge in [0.1, 0.15) is 0 Å². The van der Waals surface area contributed by atoms with Gasteiger partial charge in [0.05, 0.1) is 6.10 Å². The first-order chi connectivity index (χ1) is 10.5. The van der Waals surface area contributed by atoms with E-state index in [0.29, 0.717) is 12.8 Å². The van der Waals surface area contributed by atoms with E-state index in [2.05, 4.69) is 53.3 Å². The van der Waals surface area contributed by atoms with E-state index in [9.17, 15) is 4.79 Å². The molecule has 0 rings (SSSR count). The molecular weight excluding hydrogens is 304 g/mol. The molecule has 4 heteroatoms. The maximum Gasteiger partial charge on any atom is 0.303 e. The summed E-state index contributed by atoms with van der Waals surface area (Å²) in [5.41, 5.74) is 0. The van der Waals surface area contributed by atoms with Crippen LogP contribution < -0.4 is 0 Å². The third-order valence-electron chi connectivity index (χ3n) is 4.99. The van der Waals surface area contributed by atoms with Crippen molar-refractivity contribution in [2.75, 3.05) is 0 Å². The molecule has 0 aromatic rings. The molecule has 3 nitrogen and oxygen atoms in total. The Balaban J connectivity index is 5.18. The minimum atomic E-state index is -1.92. The highest BCUT2D eigenvalue weighted by Crippen LogP contribution is 2.39. The molecule has 0 spiro atoms. The summed E-state index contributed by atoms with van der Waals surface area (Å²) in [6.45, 7) is 17.2. The van der Waals surface area contributed by atoms with Crippen molar-refractivity contribution in [3.05, 3.63) is 12.7 Å². The molecule has 0 amide bonds. The summed E-state index contributed by atoms with van der Waals surface area (Å²) >= 11 is 0. The van der Waals surface area contributed by atoms with Crippen LogP contribution in [0, 0.1) is 24.2 Å². The average Bonchev–Trinajstić information content (AvgIpc) is 2.40. The number of terminal acetylenes is 1. The second-order valence-electron chi connectivity index (χ2n) is 7.91. The Bertz CT molecular complexity index is 429. The lowest BCUT2D eigenvalue weighted by Crippen LogP contribution is -2.46. The molecular formula is C19H34O3Si. The van der Waals surface area contributed by atoms with Gasteiger partial charge in [0.15, 0.2) is 8.32 Å². The average molecular weight is 339 g/mol. The molecule has 0 aliphatic rings. The number of aliphatic carboxylic acids is 1. The highest BCUT2D eigenvalue weighted by atomic mass is 28.4. The molecule has 1 unspecified atom stereocenters. The zero-order valence-electron chi connectivity index (χ0n) is 15.7. The predicted octanol–water partition coefficient (Wildman–Crippen LogP) is 5.09. The Labute approximate surface area is 143 Å². The van der Waals surface area contributed by atoms with E-state index in [1.165, 1.54) is 0 Å². The lowest BCUT2D eigenvalue weighted by Gasteiger charge is -2.41. The highest BCUT2D eigenvalue weighted by Gasteiger charge is 2.40. The topological polar surface area (TPSA) is 46.5 Å². The molecule has 0 aromatic carbocycles. The van der Waals surface area contributed by atoms with Crippen molar-refractivity contribution in [2.45, 2.75) is 77.6 Å². The Kier molecular flexibility index (Phi) is 8.87. The molecule has 0 saturated carbocycles. The summed E-state index contributed by atoms with van der Waals surface area (Å²) < 4.78 is 6.54. The van der Waals surface area contributed by atoms with Gasteiger partial charge in [0.25, 0.3) is 0 Å². The molecule has 0 radical (unpaired) electrons. The van der Waals surface area contributed by atoms with E-state index in [-0.39, 0.29) is 29.4 Å². The van der Waals surface area contributed by atoms with Crippen LogP contribution in [0.4, 0.5) is 0 Å². The van der Waals surface area contributed by atoms with Crippen LogP contribution in [-0.4, -0.2) is 25.5 Å². The van der Waals surface area contributed by atoms with E-state index >= 15 is 0 Å². The van der Waals surface area contributed by atoms with E-state index < -0.39 is 14.3 Å². The van der Waals surface area contributed by atoms with Gasteiger partial charge in [-0.15, -0.1) is 18.9 Å². The third-order valence-corrected chi connectivity index (χ3v) is 9.46. The van der Waals surface area contributed by atoms with Crippen molar-refractivity contribution in [1.82, 2.24) is 0 Å². The lowest BCUT2D eigenvalue weighted by atomic mass is 9.83. The summed E-state index contributed by atoms with van der Waals surface area (Å²) in [6.07, 6.45) is 9.56. The molecule has 0 bridgehead atoms. The first-order valence-corrected chi connectivity index (χ1v) is 11.3. The van der Waals surface area contributed by atoms with E-state index in [4.69, 9.17) is 16.0 Å². The van der Waals surface area contributed by atoms with Gasteiger partial charge in [-0.2, -0.15) is 0 Å². The summed E-state index contributed by atoms with van der Waals surface area (Å²) in [4.78, 5) is 10.8. The van der Waals surface area contributed by atoms with Gasteiger partial charge in [-0.3, -0.25) is 4.79 Å². The van der Waals surface area contributed by atoms with Gasteiger partial charge < -0.3 is 9.53 Å². The number of carboxylic acid groups (broad SMARTS) is 1. The molecule has 1 N–H and O–H groups in total. The number of carbonyl (C=O) groups is 1. The van der Waals surface area contributed by atoms with Crippen LogP contribution in [0.15, 0.2) is 12.7 Å². The second kappa shape index (κ2) is 9.29. The minimum Gasteiger partial charge on any atom is -0.481 e. The Morgan fingerprint density at radius 2 is 2.00 bits per heavy atom. The van der Waals surface area contributed by atoms with Crippen LogP contribution in [0.3, 0.4) is 0 Å².